The number of aromatic nitrogens is 1. The summed E-state index contributed by atoms with van der Waals surface area (Å²) in [4.78, 5) is 22.9. The summed E-state index contributed by atoms with van der Waals surface area (Å²) in [5.74, 6) is -0.0951. The van der Waals surface area contributed by atoms with Crippen LogP contribution in [0, 0.1) is 0 Å². The standard InChI is InChI=1S/C30H34N4O2/c1-4-5-18-31-29(35)23-13-16-26-25(20-23)27(30(36)33-26)28(22-9-7-6-8-10-22)32-24-14-11-21(12-15-24)17-19-34(2)3/h6-16,20,33,36H,4-5,17-19H2,1-3H3,(H,31,35). The van der Waals surface area contributed by atoms with E-state index < -0.39 is 0 Å². The molecule has 186 valence electrons. The van der Waals surface area contributed by atoms with Gasteiger partial charge in [-0.25, -0.2) is 4.99 Å². The van der Waals surface area contributed by atoms with Crippen LogP contribution in [-0.2, 0) is 6.42 Å². The molecule has 3 aromatic carbocycles. The molecule has 0 fully saturated rings. The van der Waals surface area contributed by atoms with Crippen LogP contribution in [0.1, 0.15) is 46.8 Å². The molecule has 0 spiro atoms. The van der Waals surface area contributed by atoms with Crippen LogP contribution in [0.5, 0.6) is 5.88 Å². The Hall–Kier alpha value is -3.90. The van der Waals surface area contributed by atoms with Gasteiger partial charge in [-0.1, -0.05) is 55.8 Å². The maximum atomic E-state index is 12.7. The van der Waals surface area contributed by atoms with Crippen molar-refractivity contribution in [1.82, 2.24) is 15.2 Å². The molecule has 0 saturated carbocycles. The second-order valence-corrected chi connectivity index (χ2v) is 9.26. The highest BCUT2D eigenvalue weighted by Gasteiger charge is 2.20. The lowest BCUT2D eigenvalue weighted by Crippen LogP contribution is -2.24. The maximum absolute atomic E-state index is 12.7. The van der Waals surface area contributed by atoms with Crippen molar-refractivity contribution in [2.75, 3.05) is 27.2 Å². The summed E-state index contributed by atoms with van der Waals surface area (Å²) in [6, 6.07) is 23.4. The zero-order chi connectivity index (χ0) is 25.5. The van der Waals surface area contributed by atoms with Gasteiger partial charge in [-0.2, -0.15) is 0 Å². The molecule has 1 amide bonds. The van der Waals surface area contributed by atoms with Crippen molar-refractivity contribution in [2.45, 2.75) is 26.2 Å². The van der Waals surface area contributed by atoms with E-state index in [1.165, 1.54) is 5.56 Å². The fourth-order valence-electron chi connectivity index (χ4n) is 4.12. The number of benzene rings is 3. The van der Waals surface area contributed by atoms with Gasteiger partial charge in [-0.15, -0.1) is 0 Å². The van der Waals surface area contributed by atoms with Crippen molar-refractivity contribution >= 4 is 28.2 Å². The molecule has 3 N–H and O–H groups in total. The quantitative estimate of drug-likeness (QED) is 0.201. The third-order valence-corrected chi connectivity index (χ3v) is 6.17. The van der Waals surface area contributed by atoms with E-state index in [4.69, 9.17) is 4.99 Å². The molecule has 0 saturated heterocycles. The SMILES string of the molecule is CCCCNC(=O)c1ccc2[nH]c(O)c(C(=Nc3ccc(CCN(C)C)cc3)c3ccccc3)c2c1. The molecule has 1 heterocycles. The van der Waals surface area contributed by atoms with Gasteiger partial charge < -0.3 is 20.3 Å². The molecule has 36 heavy (non-hydrogen) atoms. The van der Waals surface area contributed by atoms with Crippen molar-refractivity contribution in [3.05, 3.63) is 95.1 Å². The second-order valence-electron chi connectivity index (χ2n) is 9.26. The number of aliphatic imine (C=N–C) groups is 1. The van der Waals surface area contributed by atoms with Crippen molar-refractivity contribution in [3.8, 4) is 5.88 Å². The first-order valence-corrected chi connectivity index (χ1v) is 12.5. The van der Waals surface area contributed by atoms with E-state index in [0.29, 0.717) is 23.4 Å². The van der Waals surface area contributed by atoms with E-state index in [1.807, 2.05) is 54.6 Å². The van der Waals surface area contributed by atoms with Crippen LogP contribution in [0.4, 0.5) is 5.69 Å². The van der Waals surface area contributed by atoms with E-state index in [9.17, 15) is 9.90 Å². The molecular weight excluding hydrogens is 448 g/mol. The number of H-pyrrole nitrogens is 1. The van der Waals surface area contributed by atoms with E-state index >= 15 is 0 Å². The first kappa shape index (κ1) is 25.2. The summed E-state index contributed by atoms with van der Waals surface area (Å²) in [5.41, 5.74) is 5.44. The number of nitrogens with one attached hydrogen (secondary N) is 2. The summed E-state index contributed by atoms with van der Waals surface area (Å²) in [7, 11) is 4.14. The van der Waals surface area contributed by atoms with Crippen molar-refractivity contribution in [2.24, 2.45) is 4.99 Å². The van der Waals surface area contributed by atoms with E-state index in [2.05, 4.69) is 48.4 Å². The number of amides is 1. The average Bonchev–Trinajstić information content (AvgIpc) is 3.22. The van der Waals surface area contributed by atoms with Gasteiger partial charge in [-0.05, 0) is 62.8 Å². The van der Waals surface area contributed by atoms with Crippen LogP contribution in [0.3, 0.4) is 0 Å². The van der Waals surface area contributed by atoms with Gasteiger partial charge in [0, 0.05) is 35.1 Å². The zero-order valence-electron chi connectivity index (χ0n) is 21.2. The zero-order valence-corrected chi connectivity index (χ0v) is 21.2. The highest BCUT2D eigenvalue weighted by atomic mass is 16.3. The number of aromatic amines is 1. The Bertz CT molecular complexity index is 1340. The average molecular weight is 483 g/mol. The molecule has 1 aromatic heterocycles. The summed E-state index contributed by atoms with van der Waals surface area (Å²) >= 11 is 0. The minimum Gasteiger partial charge on any atom is -0.494 e. The van der Waals surface area contributed by atoms with Gasteiger partial charge in [0.25, 0.3) is 5.91 Å². The normalized spacial score (nSPS) is 11.8. The Balaban J connectivity index is 1.76. The predicted molar refractivity (Wildman–Crippen MR) is 148 cm³/mol. The Kier molecular flexibility index (Phi) is 8.18. The van der Waals surface area contributed by atoms with Gasteiger partial charge in [0.05, 0.1) is 17.0 Å². The second kappa shape index (κ2) is 11.7. The number of carbonyl (C=O) groups is 1. The third kappa shape index (κ3) is 6.01. The summed E-state index contributed by atoms with van der Waals surface area (Å²) < 4.78 is 0. The number of rotatable bonds is 10. The Morgan fingerprint density at radius 2 is 1.75 bits per heavy atom. The van der Waals surface area contributed by atoms with Crippen molar-refractivity contribution in [1.29, 1.82) is 0 Å². The number of nitrogens with zero attached hydrogens (tertiary/aromatic N) is 2. The molecule has 4 aromatic rings. The molecule has 0 unspecified atom stereocenters. The van der Waals surface area contributed by atoms with Gasteiger partial charge in [0.2, 0.25) is 0 Å². The highest BCUT2D eigenvalue weighted by molar-refractivity contribution is 6.22. The molecule has 0 bridgehead atoms. The number of carbonyl (C=O) groups excluding carboxylic acids is 1. The molecule has 6 heteroatoms. The lowest BCUT2D eigenvalue weighted by Gasteiger charge is -2.10. The van der Waals surface area contributed by atoms with Gasteiger partial charge in [0.1, 0.15) is 0 Å². The van der Waals surface area contributed by atoms with E-state index in [-0.39, 0.29) is 11.8 Å². The van der Waals surface area contributed by atoms with Gasteiger partial charge in [0.15, 0.2) is 5.88 Å². The molecule has 0 atom stereocenters. The molecule has 0 aliphatic heterocycles. The number of hydrogen-bond donors (Lipinski definition) is 3. The number of aromatic hydroxyl groups is 1. The molecule has 0 aliphatic rings. The predicted octanol–water partition coefficient (Wildman–Crippen LogP) is 5.68. The maximum Gasteiger partial charge on any atom is 0.251 e. The van der Waals surface area contributed by atoms with Crippen LogP contribution < -0.4 is 5.32 Å². The van der Waals surface area contributed by atoms with Crippen LogP contribution in [0.25, 0.3) is 10.9 Å². The molecule has 6 nitrogen and oxygen atoms in total. The smallest absolute Gasteiger partial charge is 0.251 e. The molecular formula is C30H34N4O2. The Morgan fingerprint density at radius 1 is 1.00 bits per heavy atom. The number of likely N-dealkylation sites (N-methyl/N-ethyl adjacent to an activating group) is 1. The number of fused-ring (bicyclic) bond motifs is 1. The first-order valence-electron chi connectivity index (χ1n) is 12.5. The largest absolute Gasteiger partial charge is 0.494 e. The lowest BCUT2D eigenvalue weighted by atomic mass is 9.99. The fraction of sp³-hybridized carbons (Fsp3) is 0.267. The fourth-order valence-corrected chi connectivity index (χ4v) is 4.12. The van der Waals surface area contributed by atoms with Crippen LogP contribution in [0.2, 0.25) is 0 Å². The minimum atomic E-state index is -0.122. The molecule has 4 rings (SSSR count). The Morgan fingerprint density at radius 3 is 2.44 bits per heavy atom. The van der Waals surface area contributed by atoms with Crippen molar-refractivity contribution in [3.63, 3.8) is 0 Å². The third-order valence-electron chi connectivity index (χ3n) is 6.17. The van der Waals surface area contributed by atoms with E-state index in [0.717, 1.165) is 48.0 Å². The number of hydrogen-bond acceptors (Lipinski definition) is 4. The highest BCUT2D eigenvalue weighted by Crippen LogP contribution is 2.32. The number of unbranched alkanes of at least 4 members (excludes halogenated alkanes) is 1. The molecule has 0 aliphatic carbocycles. The van der Waals surface area contributed by atoms with Crippen LogP contribution >= 0.6 is 0 Å². The lowest BCUT2D eigenvalue weighted by molar-refractivity contribution is 0.0953. The van der Waals surface area contributed by atoms with E-state index in [1.54, 1.807) is 6.07 Å². The summed E-state index contributed by atoms with van der Waals surface area (Å²) in [6.07, 6.45) is 2.92. The first-order chi connectivity index (χ1) is 17.5. The monoisotopic (exact) mass is 482 g/mol. The van der Waals surface area contributed by atoms with Crippen molar-refractivity contribution < 1.29 is 9.90 Å². The summed E-state index contributed by atoms with van der Waals surface area (Å²) in [6.45, 7) is 3.71. The van der Waals surface area contributed by atoms with Gasteiger partial charge in [-0.3, -0.25) is 4.79 Å². The van der Waals surface area contributed by atoms with Crippen LogP contribution in [0.15, 0.2) is 77.8 Å². The van der Waals surface area contributed by atoms with Gasteiger partial charge >= 0.3 is 0 Å². The summed E-state index contributed by atoms with van der Waals surface area (Å²) in [5, 5.41) is 14.7. The topological polar surface area (TPSA) is 80.7 Å². The minimum absolute atomic E-state index is 0.0266. The molecule has 0 radical (unpaired) electrons. The van der Waals surface area contributed by atoms with Crippen LogP contribution in [-0.4, -0.2) is 53.8 Å². The Labute approximate surface area is 212 Å².